The Morgan fingerprint density at radius 1 is 1.04 bits per heavy atom. The van der Waals surface area contributed by atoms with Gasteiger partial charge in [-0.05, 0) is 65.3 Å². The molecule has 3 aliphatic heterocycles. The predicted molar refractivity (Wildman–Crippen MR) is 200 cm³/mol. The molecule has 2 amide bonds. The SMILES string of the molecule is C=CCN1C(=O)[C@]2(O[C@H](CCn3cc(CCO)nn3)[C@@H](C(C)(C)c3ccc(OC)cc3)[C@@H]2C)c2cc(N3C(=O)c4cccc5cccc3c45)ccc21. The van der Waals surface area contributed by atoms with Gasteiger partial charge in [-0.3, -0.25) is 19.2 Å². The zero-order valence-corrected chi connectivity index (χ0v) is 30.0. The first-order valence-corrected chi connectivity index (χ1v) is 17.9. The summed E-state index contributed by atoms with van der Waals surface area (Å²) in [4.78, 5) is 32.6. The average Bonchev–Trinajstić information content (AvgIpc) is 3.87. The van der Waals surface area contributed by atoms with E-state index in [-0.39, 0.29) is 36.4 Å². The summed E-state index contributed by atoms with van der Waals surface area (Å²) in [6, 6.07) is 25.8. The van der Waals surface area contributed by atoms with Crippen LogP contribution in [0.5, 0.6) is 5.75 Å². The lowest BCUT2D eigenvalue weighted by atomic mass is 9.63. The fourth-order valence-corrected chi connectivity index (χ4v) is 9.13. The Balaban J connectivity index is 1.25. The monoisotopic (exact) mass is 697 g/mol. The zero-order chi connectivity index (χ0) is 36.4. The first-order chi connectivity index (χ1) is 25.1. The van der Waals surface area contributed by atoms with Crippen molar-refractivity contribution < 1.29 is 24.2 Å². The molecule has 10 heteroatoms. The Morgan fingerprint density at radius 3 is 2.54 bits per heavy atom. The van der Waals surface area contributed by atoms with E-state index in [1.54, 1.807) is 27.7 Å². The number of carbonyl (C=O) groups excluding carboxylic acids is 2. The maximum atomic E-state index is 15.0. The van der Waals surface area contributed by atoms with Crippen molar-refractivity contribution in [3.63, 3.8) is 0 Å². The molecule has 52 heavy (non-hydrogen) atoms. The number of methoxy groups -OCH3 is 1. The number of ether oxygens (including phenoxy) is 2. The molecule has 4 atom stereocenters. The van der Waals surface area contributed by atoms with E-state index in [0.29, 0.717) is 37.2 Å². The molecule has 5 aromatic rings. The van der Waals surface area contributed by atoms with Gasteiger partial charge < -0.3 is 19.5 Å². The Morgan fingerprint density at radius 2 is 1.81 bits per heavy atom. The zero-order valence-electron chi connectivity index (χ0n) is 30.0. The molecule has 1 aromatic heterocycles. The van der Waals surface area contributed by atoms with E-state index < -0.39 is 11.0 Å². The number of amides is 2. The van der Waals surface area contributed by atoms with Crippen LogP contribution >= 0.6 is 0 Å². The molecular weight excluding hydrogens is 654 g/mol. The van der Waals surface area contributed by atoms with Crippen LogP contribution in [0.3, 0.4) is 0 Å². The van der Waals surface area contributed by atoms with Gasteiger partial charge >= 0.3 is 0 Å². The number of hydrogen-bond donors (Lipinski definition) is 1. The van der Waals surface area contributed by atoms with Crippen LogP contribution in [0.25, 0.3) is 10.8 Å². The summed E-state index contributed by atoms with van der Waals surface area (Å²) < 4.78 is 14.5. The first kappa shape index (κ1) is 33.8. The van der Waals surface area contributed by atoms with E-state index >= 15 is 4.79 Å². The molecule has 4 heterocycles. The number of anilines is 3. The van der Waals surface area contributed by atoms with E-state index in [1.165, 1.54) is 0 Å². The molecule has 0 saturated carbocycles. The molecule has 1 N–H and O–H groups in total. The van der Waals surface area contributed by atoms with Gasteiger partial charge in [0.25, 0.3) is 11.8 Å². The van der Waals surface area contributed by atoms with Gasteiger partial charge in [0, 0.05) is 60.8 Å². The van der Waals surface area contributed by atoms with E-state index in [1.807, 2.05) is 72.9 Å². The Labute approximate surface area is 303 Å². The second-order valence-corrected chi connectivity index (χ2v) is 14.6. The second kappa shape index (κ2) is 12.7. The van der Waals surface area contributed by atoms with Crippen LogP contribution in [-0.4, -0.2) is 58.3 Å². The molecule has 0 unspecified atom stereocenters. The minimum Gasteiger partial charge on any atom is -0.497 e. The Kier molecular flexibility index (Phi) is 8.27. The maximum Gasteiger partial charge on any atom is 0.264 e. The van der Waals surface area contributed by atoms with Crippen molar-refractivity contribution in [2.24, 2.45) is 11.8 Å². The van der Waals surface area contributed by atoms with Crippen molar-refractivity contribution in [1.29, 1.82) is 0 Å². The number of aliphatic hydroxyl groups is 1. The van der Waals surface area contributed by atoms with Crippen LogP contribution in [0.15, 0.2) is 97.7 Å². The molecular formula is C42H43N5O5. The van der Waals surface area contributed by atoms with E-state index in [2.05, 4.69) is 49.8 Å². The van der Waals surface area contributed by atoms with Crippen molar-refractivity contribution in [2.45, 2.75) is 57.3 Å². The van der Waals surface area contributed by atoms with E-state index in [9.17, 15) is 9.90 Å². The van der Waals surface area contributed by atoms with Crippen LogP contribution in [0.1, 0.15) is 54.4 Å². The van der Waals surface area contributed by atoms with Gasteiger partial charge in [-0.2, -0.15) is 0 Å². The number of aliphatic hydroxyl groups excluding tert-OH is 1. The highest BCUT2D eigenvalue weighted by molar-refractivity contribution is 6.28. The summed E-state index contributed by atoms with van der Waals surface area (Å²) in [7, 11) is 1.66. The molecule has 1 saturated heterocycles. The smallest absolute Gasteiger partial charge is 0.264 e. The highest BCUT2D eigenvalue weighted by atomic mass is 16.5. The molecule has 0 radical (unpaired) electrons. The molecule has 1 spiro atoms. The van der Waals surface area contributed by atoms with Gasteiger partial charge in [0.05, 0.1) is 35.8 Å². The summed E-state index contributed by atoms with van der Waals surface area (Å²) in [5, 5.41) is 19.9. The van der Waals surface area contributed by atoms with E-state index in [0.717, 1.165) is 44.7 Å². The lowest BCUT2D eigenvalue weighted by molar-refractivity contribution is -0.146. The molecule has 10 nitrogen and oxygen atoms in total. The number of rotatable bonds is 11. The number of nitrogens with zero attached hydrogens (tertiary/aromatic N) is 5. The normalized spacial score (nSPS) is 22.2. The first-order valence-electron chi connectivity index (χ1n) is 17.9. The maximum absolute atomic E-state index is 15.0. The van der Waals surface area contributed by atoms with Crippen molar-refractivity contribution in [1.82, 2.24) is 15.0 Å². The largest absolute Gasteiger partial charge is 0.497 e. The van der Waals surface area contributed by atoms with Crippen molar-refractivity contribution in [3.8, 4) is 5.75 Å². The highest BCUT2D eigenvalue weighted by Crippen LogP contribution is 2.60. The Bertz CT molecular complexity index is 2210. The molecule has 0 bridgehead atoms. The highest BCUT2D eigenvalue weighted by Gasteiger charge is 2.66. The van der Waals surface area contributed by atoms with Gasteiger partial charge in [-0.15, -0.1) is 11.7 Å². The fourth-order valence-electron chi connectivity index (χ4n) is 9.13. The second-order valence-electron chi connectivity index (χ2n) is 14.6. The quantitative estimate of drug-likeness (QED) is 0.153. The minimum absolute atomic E-state index is 0.00241. The minimum atomic E-state index is -1.32. The summed E-state index contributed by atoms with van der Waals surface area (Å²) in [6.07, 6.45) is 4.24. The van der Waals surface area contributed by atoms with Crippen LogP contribution in [-0.2, 0) is 33.5 Å². The number of hydrogen-bond acceptors (Lipinski definition) is 7. The van der Waals surface area contributed by atoms with Gasteiger partial charge in [-0.1, -0.05) is 68.5 Å². The van der Waals surface area contributed by atoms with Crippen LogP contribution < -0.4 is 14.5 Å². The Hall–Kier alpha value is -5.32. The van der Waals surface area contributed by atoms with Gasteiger partial charge in [0.1, 0.15) is 5.75 Å². The summed E-state index contributed by atoms with van der Waals surface area (Å²) >= 11 is 0. The van der Waals surface area contributed by atoms with Gasteiger partial charge in [0.15, 0.2) is 5.60 Å². The molecule has 3 aliphatic rings. The lowest BCUT2D eigenvalue weighted by Gasteiger charge is -2.38. The number of benzene rings is 4. The van der Waals surface area contributed by atoms with Crippen molar-refractivity contribution in [2.75, 3.05) is 30.1 Å². The topological polar surface area (TPSA) is 110 Å². The van der Waals surface area contributed by atoms with Crippen LogP contribution in [0.4, 0.5) is 17.1 Å². The third-order valence-corrected chi connectivity index (χ3v) is 11.5. The number of fused-ring (bicyclic) bond motifs is 2. The van der Waals surface area contributed by atoms with Crippen molar-refractivity contribution >= 4 is 39.6 Å². The summed E-state index contributed by atoms with van der Waals surface area (Å²) in [6.45, 7) is 11.4. The third-order valence-electron chi connectivity index (χ3n) is 11.5. The molecule has 0 aliphatic carbocycles. The molecule has 266 valence electrons. The standard InChI is InChI=1S/C42H43N5O5/c1-6-21-46-34-18-15-30(47-35-12-8-10-27-9-7-11-32(37(27)35)39(47)49)24-33(34)42(40(46)50)26(2)38(41(3,4)28-13-16-31(51-5)17-14-28)36(52-42)19-22-45-25-29(20-23-48)43-44-45/h6-18,24-26,36,38,48H,1,19-23H2,2-5H3/t26-,36+,38-,42+/m0/s1. The van der Waals surface area contributed by atoms with Gasteiger partial charge in [-0.25, -0.2) is 0 Å². The predicted octanol–water partition coefficient (Wildman–Crippen LogP) is 6.71. The molecule has 1 fully saturated rings. The summed E-state index contributed by atoms with van der Waals surface area (Å²) in [5.41, 5.74) is 3.76. The number of aryl methyl sites for hydroxylation is 1. The van der Waals surface area contributed by atoms with Crippen LogP contribution in [0.2, 0.25) is 0 Å². The third kappa shape index (κ3) is 4.99. The average molecular weight is 698 g/mol. The molecule has 8 rings (SSSR count). The van der Waals surface area contributed by atoms with Crippen LogP contribution in [0, 0.1) is 11.8 Å². The summed E-state index contributed by atoms with van der Waals surface area (Å²) in [5.74, 6) is 0.154. The fraction of sp³-hybridized carbons (Fsp3) is 0.333. The van der Waals surface area contributed by atoms with E-state index in [4.69, 9.17) is 9.47 Å². The van der Waals surface area contributed by atoms with Gasteiger partial charge in [0.2, 0.25) is 0 Å². The van der Waals surface area contributed by atoms with Crippen molar-refractivity contribution in [3.05, 3.63) is 120 Å². The lowest BCUT2D eigenvalue weighted by Crippen LogP contribution is -2.46. The molecule has 4 aromatic carbocycles. The number of aromatic nitrogens is 3. The number of carbonyl (C=O) groups is 2.